The van der Waals surface area contributed by atoms with E-state index in [0.717, 1.165) is 27.2 Å². The first kappa shape index (κ1) is 19.8. The molecule has 1 unspecified atom stereocenters. The lowest BCUT2D eigenvalue weighted by Crippen LogP contribution is -2.12. The third-order valence-electron chi connectivity index (χ3n) is 5.05. The Morgan fingerprint density at radius 1 is 1.13 bits per heavy atom. The number of benzene rings is 2. The number of aromatic nitrogens is 2. The number of carboxylic acid groups (broad SMARTS) is 1. The molecule has 0 aliphatic heterocycles. The molecule has 0 aliphatic carbocycles. The highest BCUT2D eigenvalue weighted by Gasteiger charge is 2.19. The van der Waals surface area contributed by atoms with Crippen LogP contribution in [0.5, 0.6) is 0 Å². The van der Waals surface area contributed by atoms with Gasteiger partial charge in [-0.3, -0.25) is 9.59 Å². The maximum atomic E-state index is 12.8. The molecule has 2 aromatic heterocycles. The first-order valence-electron chi connectivity index (χ1n) is 9.66. The summed E-state index contributed by atoms with van der Waals surface area (Å²) in [6.45, 7) is 3.77. The van der Waals surface area contributed by atoms with Crippen LogP contribution in [-0.2, 0) is 4.79 Å². The Balaban J connectivity index is 1.58. The molecule has 4 aromatic rings. The standard InChI is InChI=1S/C23H21N3O3S/c1-3-18(23(28)29)15-9-11-16(12-10-15)24-21(27)20-13-19-14(2)25-26(22(19)30-20)17-7-5-4-6-8-17/h4-13,18H,3H2,1-2H3,(H,24,27)(H,28,29). The van der Waals surface area contributed by atoms with Crippen LogP contribution in [0.15, 0.2) is 60.7 Å². The number of anilines is 1. The number of nitrogens with zero attached hydrogens (tertiary/aromatic N) is 2. The number of aliphatic carboxylic acids is 1. The van der Waals surface area contributed by atoms with Crippen LogP contribution in [0.3, 0.4) is 0 Å². The summed E-state index contributed by atoms with van der Waals surface area (Å²) in [5, 5.41) is 17.7. The molecule has 0 aliphatic rings. The third kappa shape index (κ3) is 3.71. The van der Waals surface area contributed by atoms with Gasteiger partial charge in [-0.15, -0.1) is 11.3 Å². The Morgan fingerprint density at radius 2 is 1.83 bits per heavy atom. The van der Waals surface area contributed by atoms with Gasteiger partial charge in [-0.05, 0) is 49.2 Å². The molecule has 0 radical (unpaired) electrons. The second kappa shape index (κ2) is 8.12. The van der Waals surface area contributed by atoms with Crippen molar-refractivity contribution in [3.05, 3.63) is 76.8 Å². The molecule has 4 rings (SSSR count). The van der Waals surface area contributed by atoms with Crippen LogP contribution in [0, 0.1) is 6.92 Å². The molecule has 0 fully saturated rings. The van der Waals surface area contributed by atoms with Crippen molar-refractivity contribution in [1.29, 1.82) is 0 Å². The Morgan fingerprint density at radius 3 is 2.47 bits per heavy atom. The molecule has 7 heteroatoms. The molecule has 0 saturated heterocycles. The third-order valence-corrected chi connectivity index (χ3v) is 6.16. The van der Waals surface area contributed by atoms with Gasteiger partial charge in [0.1, 0.15) is 4.83 Å². The Bertz CT molecular complexity index is 1210. The Labute approximate surface area is 177 Å². The van der Waals surface area contributed by atoms with Crippen LogP contribution in [0.4, 0.5) is 5.69 Å². The number of aryl methyl sites for hydroxylation is 1. The molecule has 2 heterocycles. The van der Waals surface area contributed by atoms with E-state index in [9.17, 15) is 14.7 Å². The quantitative estimate of drug-likeness (QED) is 0.448. The Hall–Kier alpha value is -3.45. The number of nitrogens with one attached hydrogen (secondary N) is 1. The predicted octanol–water partition coefficient (Wildman–Crippen LogP) is 5.23. The molecular formula is C23H21N3O3S. The smallest absolute Gasteiger partial charge is 0.310 e. The van der Waals surface area contributed by atoms with E-state index in [1.54, 1.807) is 24.3 Å². The second-order valence-corrected chi connectivity index (χ2v) is 8.07. The summed E-state index contributed by atoms with van der Waals surface area (Å²) < 4.78 is 1.86. The molecule has 1 atom stereocenters. The average molecular weight is 420 g/mol. The van der Waals surface area contributed by atoms with Gasteiger partial charge in [-0.1, -0.05) is 37.3 Å². The zero-order valence-electron chi connectivity index (χ0n) is 16.6. The number of carbonyl (C=O) groups excluding carboxylic acids is 1. The van der Waals surface area contributed by atoms with E-state index in [4.69, 9.17) is 0 Å². The van der Waals surface area contributed by atoms with Crippen molar-refractivity contribution in [2.24, 2.45) is 0 Å². The monoisotopic (exact) mass is 419 g/mol. The van der Waals surface area contributed by atoms with E-state index in [-0.39, 0.29) is 5.91 Å². The number of thiophene rings is 1. The normalized spacial score (nSPS) is 12.1. The minimum atomic E-state index is -0.845. The van der Waals surface area contributed by atoms with Crippen LogP contribution in [0.25, 0.3) is 15.9 Å². The summed E-state index contributed by atoms with van der Waals surface area (Å²) >= 11 is 1.39. The molecule has 1 amide bonds. The van der Waals surface area contributed by atoms with E-state index < -0.39 is 11.9 Å². The maximum absolute atomic E-state index is 12.8. The molecular weight excluding hydrogens is 398 g/mol. The first-order chi connectivity index (χ1) is 14.5. The van der Waals surface area contributed by atoms with Crippen molar-refractivity contribution in [2.45, 2.75) is 26.2 Å². The van der Waals surface area contributed by atoms with Gasteiger partial charge in [-0.2, -0.15) is 5.10 Å². The second-order valence-electron chi connectivity index (χ2n) is 7.04. The van der Waals surface area contributed by atoms with Gasteiger partial charge in [0.15, 0.2) is 0 Å². The van der Waals surface area contributed by atoms with Gasteiger partial charge in [0.25, 0.3) is 5.91 Å². The fraction of sp³-hybridized carbons (Fsp3) is 0.174. The zero-order chi connectivity index (χ0) is 21.3. The number of rotatable bonds is 6. The van der Waals surface area contributed by atoms with Gasteiger partial charge in [0, 0.05) is 11.1 Å². The molecule has 0 saturated carbocycles. The van der Waals surface area contributed by atoms with Crippen LogP contribution in [0.1, 0.15) is 40.2 Å². The lowest BCUT2D eigenvalue weighted by molar-refractivity contribution is -0.138. The molecule has 0 bridgehead atoms. The molecule has 0 spiro atoms. The van der Waals surface area contributed by atoms with E-state index in [1.807, 2.05) is 54.9 Å². The van der Waals surface area contributed by atoms with Crippen molar-refractivity contribution >= 4 is 39.1 Å². The summed E-state index contributed by atoms with van der Waals surface area (Å²) in [5.74, 6) is -1.59. The number of fused-ring (bicyclic) bond motifs is 1. The summed E-state index contributed by atoms with van der Waals surface area (Å²) in [6.07, 6.45) is 0.514. The average Bonchev–Trinajstić information content (AvgIpc) is 3.31. The summed E-state index contributed by atoms with van der Waals surface area (Å²) in [6, 6.07) is 18.7. The van der Waals surface area contributed by atoms with Crippen molar-refractivity contribution in [3.8, 4) is 5.69 Å². The lowest BCUT2D eigenvalue weighted by Gasteiger charge is -2.11. The summed E-state index contributed by atoms with van der Waals surface area (Å²) in [4.78, 5) is 25.6. The largest absolute Gasteiger partial charge is 0.481 e. The predicted molar refractivity (Wildman–Crippen MR) is 119 cm³/mol. The highest BCUT2D eigenvalue weighted by molar-refractivity contribution is 7.20. The number of carboxylic acids is 1. The van der Waals surface area contributed by atoms with Crippen LogP contribution in [0.2, 0.25) is 0 Å². The van der Waals surface area contributed by atoms with E-state index in [0.29, 0.717) is 17.0 Å². The van der Waals surface area contributed by atoms with Gasteiger partial charge in [0.05, 0.1) is 22.2 Å². The Kier molecular flexibility index (Phi) is 5.37. The zero-order valence-corrected chi connectivity index (χ0v) is 17.4. The summed E-state index contributed by atoms with van der Waals surface area (Å²) in [5.41, 5.74) is 3.17. The minimum Gasteiger partial charge on any atom is -0.481 e. The van der Waals surface area contributed by atoms with Crippen LogP contribution in [-0.4, -0.2) is 26.8 Å². The molecule has 2 aromatic carbocycles. The van der Waals surface area contributed by atoms with Gasteiger partial charge in [-0.25, -0.2) is 4.68 Å². The highest BCUT2D eigenvalue weighted by Crippen LogP contribution is 2.31. The minimum absolute atomic E-state index is 0.201. The number of carbonyl (C=O) groups is 2. The van der Waals surface area contributed by atoms with Crippen molar-refractivity contribution < 1.29 is 14.7 Å². The van der Waals surface area contributed by atoms with Gasteiger partial charge in [0.2, 0.25) is 0 Å². The van der Waals surface area contributed by atoms with Crippen LogP contribution < -0.4 is 5.32 Å². The molecule has 152 valence electrons. The topological polar surface area (TPSA) is 84.2 Å². The molecule has 30 heavy (non-hydrogen) atoms. The number of para-hydroxylation sites is 1. The molecule has 6 nitrogen and oxygen atoms in total. The SMILES string of the molecule is CCC(C(=O)O)c1ccc(NC(=O)c2cc3c(C)nn(-c4ccccc4)c3s2)cc1. The fourth-order valence-corrected chi connectivity index (χ4v) is 4.53. The van der Waals surface area contributed by atoms with Gasteiger partial charge < -0.3 is 10.4 Å². The van der Waals surface area contributed by atoms with Crippen molar-refractivity contribution in [2.75, 3.05) is 5.32 Å². The highest BCUT2D eigenvalue weighted by atomic mass is 32.1. The van der Waals surface area contributed by atoms with Crippen LogP contribution >= 0.6 is 11.3 Å². The summed E-state index contributed by atoms with van der Waals surface area (Å²) in [7, 11) is 0. The first-order valence-corrected chi connectivity index (χ1v) is 10.5. The van der Waals surface area contributed by atoms with Crippen molar-refractivity contribution in [3.63, 3.8) is 0 Å². The van der Waals surface area contributed by atoms with E-state index >= 15 is 0 Å². The van der Waals surface area contributed by atoms with E-state index in [1.165, 1.54) is 11.3 Å². The number of amides is 1. The maximum Gasteiger partial charge on any atom is 0.310 e. The fourth-order valence-electron chi connectivity index (χ4n) is 3.45. The number of hydrogen-bond donors (Lipinski definition) is 2. The van der Waals surface area contributed by atoms with E-state index in [2.05, 4.69) is 10.4 Å². The number of hydrogen-bond acceptors (Lipinski definition) is 4. The van der Waals surface area contributed by atoms with Gasteiger partial charge >= 0.3 is 5.97 Å². The lowest BCUT2D eigenvalue weighted by atomic mass is 9.96. The molecule has 2 N–H and O–H groups in total. The van der Waals surface area contributed by atoms with Crippen molar-refractivity contribution in [1.82, 2.24) is 9.78 Å².